The van der Waals surface area contributed by atoms with E-state index in [1.807, 2.05) is 52.7 Å². The van der Waals surface area contributed by atoms with Crippen molar-refractivity contribution in [1.82, 2.24) is 4.90 Å². The second kappa shape index (κ2) is 9.15. The first kappa shape index (κ1) is 21.3. The fourth-order valence-corrected chi connectivity index (χ4v) is 4.99. The highest BCUT2D eigenvalue weighted by atomic mass is 32.1. The van der Waals surface area contributed by atoms with Crippen LogP contribution >= 0.6 is 11.3 Å². The number of hydrogen-bond acceptors (Lipinski definition) is 6. The van der Waals surface area contributed by atoms with Crippen molar-refractivity contribution in [3.8, 4) is 17.2 Å². The van der Waals surface area contributed by atoms with Gasteiger partial charge in [-0.15, -0.1) is 11.3 Å². The van der Waals surface area contributed by atoms with E-state index in [1.54, 1.807) is 35.5 Å². The SMILES string of the molecule is COc1ccccc1CN(Cc1cccs1)C(=O)C1CC(=O)N(c2ccc3c(c2)OCO3)C1. The van der Waals surface area contributed by atoms with Crippen LogP contribution in [0.2, 0.25) is 0 Å². The first-order chi connectivity index (χ1) is 16.1. The summed E-state index contributed by atoms with van der Waals surface area (Å²) in [4.78, 5) is 31.1. The molecule has 170 valence electrons. The van der Waals surface area contributed by atoms with Crippen molar-refractivity contribution >= 4 is 28.8 Å². The lowest BCUT2D eigenvalue weighted by atomic mass is 10.1. The van der Waals surface area contributed by atoms with Crippen LogP contribution in [0.3, 0.4) is 0 Å². The first-order valence-corrected chi connectivity index (χ1v) is 11.6. The molecule has 5 rings (SSSR count). The van der Waals surface area contributed by atoms with Gasteiger partial charge < -0.3 is 24.0 Å². The molecule has 2 amide bonds. The minimum Gasteiger partial charge on any atom is -0.496 e. The molecule has 1 unspecified atom stereocenters. The third-order valence-corrected chi connectivity index (χ3v) is 6.80. The summed E-state index contributed by atoms with van der Waals surface area (Å²) in [6.45, 7) is 1.41. The number of hydrogen-bond donors (Lipinski definition) is 0. The number of amides is 2. The smallest absolute Gasteiger partial charge is 0.231 e. The van der Waals surface area contributed by atoms with Crippen LogP contribution < -0.4 is 19.1 Å². The van der Waals surface area contributed by atoms with Crippen LogP contribution in [0.15, 0.2) is 60.0 Å². The fraction of sp³-hybridized carbons (Fsp3) is 0.280. The topological polar surface area (TPSA) is 68.3 Å². The number of methoxy groups -OCH3 is 1. The lowest BCUT2D eigenvalue weighted by Crippen LogP contribution is -2.36. The van der Waals surface area contributed by atoms with Crippen molar-refractivity contribution in [3.05, 3.63) is 70.4 Å². The molecule has 1 saturated heterocycles. The number of rotatable bonds is 7. The van der Waals surface area contributed by atoms with E-state index in [1.165, 1.54) is 0 Å². The number of nitrogens with zero attached hydrogens (tertiary/aromatic N) is 2. The quantitative estimate of drug-likeness (QED) is 0.527. The molecule has 3 heterocycles. The molecule has 1 fully saturated rings. The fourth-order valence-electron chi connectivity index (χ4n) is 4.28. The molecule has 1 atom stereocenters. The van der Waals surface area contributed by atoms with Gasteiger partial charge in [-0.3, -0.25) is 9.59 Å². The Morgan fingerprint density at radius 1 is 1.12 bits per heavy atom. The molecule has 1 aromatic heterocycles. The van der Waals surface area contributed by atoms with Gasteiger partial charge >= 0.3 is 0 Å². The maximum absolute atomic E-state index is 13.7. The van der Waals surface area contributed by atoms with Crippen LogP contribution in [-0.2, 0) is 22.7 Å². The molecule has 7 nitrogen and oxygen atoms in total. The van der Waals surface area contributed by atoms with E-state index >= 15 is 0 Å². The standard InChI is InChI=1S/C25H24N2O5S/c1-30-21-7-3-2-5-17(21)13-26(15-20-6-4-10-33-20)25(29)18-11-24(28)27(14-18)19-8-9-22-23(12-19)32-16-31-22/h2-10,12,18H,11,13-16H2,1H3. The molecule has 33 heavy (non-hydrogen) atoms. The van der Waals surface area contributed by atoms with E-state index < -0.39 is 5.92 Å². The van der Waals surface area contributed by atoms with Crippen LogP contribution in [0.4, 0.5) is 5.69 Å². The van der Waals surface area contributed by atoms with Crippen LogP contribution in [-0.4, -0.2) is 37.2 Å². The van der Waals surface area contributed by atoms with Gasteiger partial charge in [-0.05, 0) is 29.6 Å². The summed E-state index contributed by atoms with van der Waals surface area (Å²) in [6.07, 6.45) is 0.181. The normalized spacial score (nSPS) is 16.8. The van der Waals surface area contributed by atoms with Crippen LogP contribution in [0.1, 0.15) is 16.9 Å². The third-order valence-electron chi connectivity index (χ3n) is 5.93. The maximum atomic E-state index is 13.7. The Balaban J connectivity index is 1.36. The number of anilines is 1. The zero-order chi connectivity index (χ0) is 22.8. The van der Waals surface area contributed by atoms with Gasteiger partial charge in [0.25, 0.3) is 0 Å². The molecule has 2 aliphatic rings. The molecule has 0 radical (unpaired) electrons. The van der Waals surface area contributed by atoms with Crippen molar-refractivity contribution in [2.45, 2.75) is 19.5 Å². The van der Waals surface area contributed by atoms with Gasteiger partial charge in [0.1, 0.15) is 5.75 Å². The summed E-state index contributed by atoms with van der Waals surface area (Å²) in [6, 6.07) is 17.1. The summed E-state index contributed by atoms with van der Waals surface area (Å²) < 4.78 is 16.3. The Kier molecular flexibility index (Phi) is 5.92. The molecule has 3 aromatic rings. The second-order valence-corrected chi connectivity index (χ2v) is 9.06. The number of thiophene rings is 1. The summed E-state index contributed by atoms with van der Waals surface area (Å²) in [5.41, 5.74) is 1.65. The van der Waals surface area contributed by atoms with Gasteiger partial charge in [0.05, 0.1) is 19.6 Å². The van der Waals surface area contributed by atoms with Crippen molar-refractivity contribution < 1.29 is 23.8 Å². The predicted molar refractivity (Wildman–Crippen MR) is 125 cm³/mol. The first-order valence-electron chi connectivity index (χ1n) is 10.8. The maximum Gasteiger partial charge on any atom is 0.231 e. The second-order valence-electron chi connectivity index (χ2n) is 8.03. The summed E-state index contributed by atoms with van der Waals surface area (Å²) in [5.74, 6) is 1.50. The van der Waals surface area contributed by atoms with Gasteiger partial charge in [-0.25, -0.2) is 0 Å². The zero-order valence-corrected chi connectivity index (χ0v) is 19.0. The zero-order valence-electron chi connectivity index (χ0n) is 18.2. The van der Waals surface area contributed by atoms with Crippen molar-refractivity contribution in [3.63, 3.8) is 0 Å². The number of para-hydroxylation sites is 1. The number of ether oxygens (including phenoxy) is 3. The molecule has 0 saturated carbocycles. The third kappa shape index (κ3) is 4.39. The Morgan fingerprint density at radius 2 is 1.97 bits per heavy atom. The lowest BCUT2D eigenvalue weighted by molar-refractivity contribution is -0.137. The predicted octanol–water partition coefficient (Wildman–Crippen LogP) is 4.07. The molecule has 0 spiro atoms. The molecular formula is C25H24N2O5S. The van der Waals surface area contributed by atoms with Crippen molar-refractivity contribution in [2.24, 2.45) is 5.92 Å². The molecule has 0 bridgehead atoms. The van der Waals surface area contributed by atoms with E-state index in [-0.39, 0.29) is 25.0 Å². The lowest BCUT2D eigenvalue weighted by Gasteiger charge is -2.26. The van der Waals surface area contributed by atoms with Crippen LogP contribution in [0, 0.1) is 5.92 Å². The van der Waals surface area contributed by atoms with E-state index in [2.05, 4.69) is 0 Å². The van der Waals surface area contributed by atoms with Gasteiger partial charge in [-0.2, -0.15) is 0 Å². The number of fused-ring (bicyclic) bond motifs is 1. The summed E-state index contributed by atoms with van der Waals surface area (Å²) >= 11 is 1.61. The Labute approximate surface area is 196 Å². The average Bonchev–Trinajstić information content (AvgIpc) is 3.59. The molecular weight excluding hydrogens is 440 g/mol. The number of carbonyl (C=O) groups is 2. The Hall–Kier alpha value is -3.52. The molecule has 8 heteroatoms. The average molecular weight is 465 g/mol. The van der Waals surface area contributed by atoms with E-state index in [0.717, 1.165) is 16.2 Å². The molecule has 2 aliphatic heterocycles. The van der Waals surface area contributed by atoms with Crippen LogP contribution in [0.5, 0.6) is 17.2 Å². The molecule has 2 aromatic carbocycles. The van der Waals surface area contributed by atoms with E-state index in [4.69, 9.17) is 14.2 Å². The van der Waals surface area contributed by atoms with Gasteiger partial charge in [0.2, 0.25) is 18.6 Å². The highest BCUT2D eigenvalue weighted by molar-refractivity contribution is 7.09. The Bertz CT molecular complexity index is 1160. The molecule has 0 N–H and O–H groups in total. The van der Waals surface area contributed by atoms with Crippen LogP contribution in [0.25, 0.3) is 0 Å². The minimum atomic E-state index is -0.419. The highest BCUT2D eigenvalue weighted by Gasteiger charge is 2.38. The van der Waals surface area contributed by atoms with Gasteiger partial charge in [0, 0.05) is 41.7 Å². The van der Waals surface area contributed by atoms with Crippen molar-refractivity contribution in [2.75, 3.05) is 25.3 Å². The van der Waals surface area contributed by atoms with Gasteiger partial charge in [-0.1, -0.05) is 24.3 Å². The number of carbonyl (C=O) groups excluding carboxylic acids is 2. The Morgan fingerprint density at radius 3 is 2.79 bits per heavy atom. The van der Waals surface area contributed by atoms with Gasteiger partial charge in [0.15, 0.2) is 11.5 Å². The van der Waals surface area contributed by atoms with E-state index in [9.17, 15) is 9.59 Å². The minimum absolute atomic E-state index is 0.0362. The van der Waals surface area contributed by atoms with Crippen molar-refractivity contribution in [1.29, 1.82) is 0 Å². The molecule has 0 aliphatic carbocycles. The summed E-state index contributed by atoms with van der Waals surface area (Å²) in [7, 11) is 1.63. The monoisotopic (exact) mass is 464 g/mol. The number of benzene rings is 2. The van der Waals surface area contributed by atoms with E-state index in [0.29, 0.717) is 36.8 Å². The largest absolute Gasteiger partial charge is 0.496 e. The highest BCUT2D eigenvalue weighted by Crippen LogP contribution is 2.37. The summed E-state index contributed by atoms with van der Waals surface area (Å²) in [5, 5.41) is 2.00.